The number of aryl methyl sites for hydroxylation is 1. The lowest BCUT2D eigenvalue weighted by Crippen LogP contribution is -2.65. The molecule has 2 unspecified atom stereocenters. The van der Waals surface area contributed by atoms with E-state index in [1.54, 1.807) is 4.90 Å². The second-order valence-corrected chi connectivity index (χ2v) is 7.64. The first kappa shape index (κ1) is 15.5. The lowest BCUT2D eigenvalue weighted by Gasteiger charge is -2.51. The van der Waals surface area contributed by atoms with E-state index in [2.05, 4.69) is 34.2 Å². The number of nitrogens with zero attached hydrogens (tertiary/aromatic N) is 1. The molecule has 4 nitrogen and oxygen atoms in total. The van der Waals surface area contributed by atoms with E-state index in [0.717, 1.165) is 32.6 Å². The first-order valence-electron chi connectivity index (χ1n) is 8.04. The maximum absolute atomic E-state index is 12.9. The average Bonchev–Trinajstić information content (AvgIpc) is 2.52. The number of halogens is 1. The topological polar surface area (TPSA) is 41.6 Å². The Labute approximate surface area is 149 Å². The zero-order valence-corrected chi connectivity index (χ0v) is 15.5. The van der Waals surface area contributed by atoms with Gasteiger partial charge in [-0.3, -0.25) is 4.90 Å². The highest BCUT2D eigenvalue weighted by molar-refractivity contribution is 9.10. The molecule has 2 aromatic rings. The molecule has 1 N–H and O–H groups in total. The fraction of sp³-hybridized carbons (Fsp3) is 0.316. The van der Waals surface area contributed by atoms with Crippen molar-refractivity contribution in [2.45, 2.75) is 39.0 Å². The molecular formula is C19H19BrN2O2. The summed E-state index contributed by atoms with van der Waals surface area (Å²) < 4.78 is 7.31. The van der Waals surface area contributed by atoms with Gasteiger partial charge in [0.2, 0.25) is 0 Å². The number of hydrogen-bond donors (Lipinski definition) is 1. The Balaban J connectivity index is 1.84. The third kappa shape index (κ3) is 2.22. The van der Waals surface area contributed by atoms with Crippen molar-refractivity contribution in [3.05, 3.63) is 57.6 Å². The van der Waals surface area contributed by atoms with Crippen molar-refractivity contribution in [2.75, 3.05) is 4.90 Å². The van der Waals surface area contributed by atoms with Crippen LogP contribution in [-0.4, -0.2) is 11.8 Å². The van der Waals surface area contributed by atoms with Crippen LogP contribution in [0.5, 0.6) is 5.75 Å². The number of carbonyl (C=O) groups is 1. The molecule has 2 aromatic carbocycles. The largest absolute Gasteiger partial charge is 0.467 e. The van der Waals surface area contributed by atoms with Crippen LogP contribution >= 0.6 is 15.9 Å². The molecule has 2 aliphatic heterocycles. The maximum Gasteiger partial charge on any atom is 0.325 e. The molecule has 2 atom stereocenters. The van der Waals surface area contributed by atoms with Gasteiger partial charge < -0.3 is 10.1 Å². The Morgan fingerprint density at radius 2 is 2.08 bits per heavy atom. The summed E-state index contributed by atoms with van der Waals surface area (Å²) in [5.41, 5.74) is 3.47. The minimum absolute atomic E-state index is 0.0369. The van der Waals surface area contributed by atoms with Gasteiger partial charge in [-0.15, -0.1) is 0 Å². The van der Waals surface area contributed by atoms with Crippen LogP contribution < -0.4 is 15.0 Å². The number of nitrogens with one attached hydrogen (secondary N) is 1. The van der Waals surface area contributed by atoms with Crippen LogP contribution in [0.15, 0.2) is 40.9 Å². The zero-order valence-electron chi connectivity index (χ0n) is 13.9. The van der Waals surface area contributed by atoms with E-state index >= 15 is 0 Å². The molecule has 4 rings (SSSR count). The molecule has 124 valence electrons. The third-order valence-electron chi connectivity index (χ3n) is 5.05. The Morgan fingerprint density at radius 3 is 2.88 bits per heavy atom. The van der Waals surface area contributed by atoms with E-state index < -0.39 is 5.72 Å². The van der Waals surface area contributed by atoms with Gasteiger partial charge in [-0.05, 0) is 56.2 Å². The highest BCUT2D eigenvalue weighted by Gasteiger charge is 2.50. The predicted octanol–water partition coefficient (Wildman–Crippen LogP) is 4.84. The quantitative estimate of drug-likeness (QED) is 0.761. The summed E-state index contributed by atoms with van der Waals surface area (Å²) in [5, 5.41) is 3.14. The summed E-state index contributed by atoms with van der Waals surface area (Å²) in [7, 11) is 0. The molecule has 2 aliphatic rings. The van der Waals surface area contributed by atoms with Gasteiger partial charge >= 0.3 is 6.03 Å². The van der Waals surface area contributed by atoms with Crippen molar-refractivity contribution >= 4 is 27.6 Å². The minimum Gasteiger partial charge on any atom is -0.467 e. The van der Waals surface area contributed by atoms with Gasteiger partial charge in [0.05, 0.1) is 11.7 Å². The maximum atomic E-state index is 12.9. The Hall–Kier alpha value is -2.01. The summed E-state index contributed by atoms with van der Waals surface area (Å²) in [6.07, 6.45) is 0.704. The summed E-state index contributed by atoms with van der Waals surface area (Å²) in [6, 6.07) is 11.8. The fourth-order valence-electron chi connectivity index (χ4n) is 3.69. The predicted molar refractivity (Wildman–Crippen MR) is 97.5 cm³/mol. The van der Waals surface area contributed by atoms with Gasteiger partial charge in [0.1, 0.15) is 5.75 Å². The number of amides is 2. The standard InChI is InChI=1S/C19H19BrN2O2/c1-11-5-4-6-16(12(11)2)22-18(23)21-15-10-19(22,3)24-17-8-7-13(20)9-14(15)17/h4-9,15H,10H2,1-3H3,(H,21,23). The number of carbonyl (C=O) groups excluding carboxylic acids is 1. The van der Waals surface area contributed by atoms with Crippen LogP contribution in [0.2, 0.25) is 0 Å². The van der Waals surface area contributed by atoms with Crippen molar-refractivity contribution in [1.29, 1.82) is 0 Å². The van der Waals surface area contributed by atoms with Crippen LogP contribution in [-0.2, 0) is 0 Å². The van der Waals surface area contributed by atoms with Crippen LogP contribution in [0, 0.1) is 13.8 Å². The second-order valence-electron chi connectivity index (χ2n) is 6.72. The SMILES string of the molecule is Cc1cccc(N2C(=O)NC3CC2(C)Oc2ccc(Br)cc23)c1C. The Kier molecular flexibility index (Phi) is 3.39. The van der Waals surface area contributed by atoms with Gasteiger partial charge in [0, 0.05) is 16.5 Å². The van der Waals surface area contributed by atoms with Crippen molar-refractivity contribution in [3.63, 3.8) is 0 Å². The molecule has 5 heteroatoms. The van der Waals surface area contributed by atoms with Gasteiger partial charge in [-0.2, -0.15) is 0 Å². The van der Waals surface area contributed by atoms with Crippen molar-refractivity contribution < 1.29 is 9.53 Å². The number of benzene rings is 2. The molecular weight excluding hydrogens is 368 g/mol. The van der Waals surface area contributed by atoms with Gasteiger partial charge in [-0.25, -0.2) is 4.79 Å². The number of rotatable bonds is 1. The van der Waals surface area contributed by atoms with Gasteiger partial charge in [-0.1, -0.05) is 28.1 Å². The molecule has 1 saturated heterocycles. The lowest BCUT2D eigenvalue weighted by atomic mass is 9.89. The number of anilines is 1. The lowest BCUT2D eigenvalue weighted by molar-refractivity contribution is 0.0377. The van der Waals surface area contributed by atoms with Crippen molar-refractivity contribution in [1.82, 2.24) is 5.32 Å². The number of urea groups is 1. The minimum atomic E-state index is -0.702. The second kappa shape index (κ2) is 5.24. The fourth-order valence-corrected chi connectivity index (χ4v) is 4.07. The van der Waals surface area contributed by atoms with Crippen molar-refractivity contribution in [3.8, 4) is 5.75 Å². The first-order chi connectivity index (χ1) is 11.4. The number of ether oxygens (including phenoxy) is 1. The smallest absolute Gasteiger partial charge is 0.325 e. The van der Waals surface area contributed by atoms with E-state index in [4.69, 9.17) is 4.74 Å². The third-order valence-corrected chi connectivity index (χ3v) is 5.54. The molecule has 0 aromatic heterocycles. The van der Waals surface area contributed by atoms with Crippen molar-refractivity contribution in [2.24, 2.45) is 0 Å². The Morgan fingerprint density at radius 1 is 1.29 bits per heavy atom. The zero-order chi connectivity index (χ0) is 17.1. The highest BCUT2D eigenvalue weighted by Crippen LogP contribution is 2.46. The molecule has 0 saturated carbocycles. The monoisotopic (exact) mass is 386 g/mol. The first-order valence-corrected chi connectivity index (χ1v) is 8.84. The summed E-state index contributed by atoms with van der Waals surface area (Å²) in [5.74, 6) is 0.826. The van der Waals surface area contributed by atoms with E-state index in [0.29, 0.717) is 6.42 Å². The molecule has 2 bridgehead atoms. The molecule has 0 aliphatic carbocycles. The molecule has 24 heavy (non-hydrogen) atoms. The van der Waals surface area contributed by atoms with Gasteiger partial charge in [0.25, 0.3) is 0 Å². The van der Waals surface area contributed by atoms with Crippen LogP contribution in [0.3, 0.4) is 0 Å². The van der Waals surface area contributed by atoms with E-state index in [9.17, 15) is 4.79 Å². The van der Waals surface area contributed by atoms with E-state index in [1.807, 2.05) is 44.2 Å². The molecule has 0 spiro atoms. The van der Waals surface area contributed by atoms with Crippen LogP contribution in [0.1, 0.15) is 36.1 Å². The molecule has 2 amide bonds. The summed E-state index contributed by atoms with van der Waals surface area (Å²) >= 11 is 3.50. The molecule has 2 heterocycles. The van der Waals surface area contributed by atoms with Gasteiger partial charge in [0.15, 0.2) is 5.72 Å². The number of hydrogen-bond acceptors (Lipinski definition) is 2. The summed E-state index contributed by atoms with van der Waals surface area (Å²) in [4.78, 5) is 14.7. The highest BCUT2D eigenvalue weighted by atomic mass is 79.9. The molecule has 1 fully saturated rings. The van der Waals surface area contributed by atoms with E-state index in [-0.39, 0.29) is 12.1 Å². The Bertz CT molecular complexity index is 851. The van der Waals surface area contributed by atoms with Crippen LogP contribution in [0.4, 0.5) is 10.5 Å². The number of fused-ring (bicyclic) bond motifs is 4. The average molecular weight is 387 g/mol. The van der Waals surface area contributed by atoms with Crippen LogP contribution in [0.25, 0.3) is 0 Å². The molecule has 0 radical (unpaired) electrons. The van der Waals surface area contributed by atoms with E-state index in [1.165, 1.54) is 0 Å². The summed E-state index contributed by atoms with van der Waals surface area (Å²) in [6.45, 7) is 6.09. The normalized spacial score (nSPS) is 24.9.